The maximum absolute atomic E-state index is 13.0. The first-order chi connectivity index (χ1) is 9.98. The SMILES string of the molecule is CCNCc1scc(C)c1S(=O)(=O)N(C)C1CCCCC1. The monoisotopic (exact) mass is 330 g/mol. The fraction of sp³-hybridized carbons (Fsp3) is 0.733. The maximum atomic E-state index is 13.0. The fourth-order valence-corrected chi connectivity index (χ4v) is 6.12. The number of nitrogens with zero attached hydrogens (tertiary/aromatic N) is 1. The van der Waals surface area contributed by atoms with Gasteiger partial charge in [-0.2, -0.15) is 4.31 Å². The van der Waals surface area contributed by atoms with Gasteiger partial charge in [-0.3, -0.25) is 0 Å². The van der Waals surface area contributed by atoms with Crippen LogP contribution in [0, 0.1) is 6.92 Å². The van der Waals surface area contributed by atoms with Crippen LogP contribution in [-0.2, 0) is 16.6 Å². The van der Waals surface area contributed by atoms with Crippen LogP contribution in [0.3, 0.4) is 0 Å². The molecule has 0 unspecified atom stereocenters. The van der Waals surface area contributed by atoms with Crippen molar-refractivity contribution in [2.45, 2.75) is 63.4 Å². The molecule has 2 rings (SSSR count). The third-order valence-corrected chi connectivity index (χ3v) is 7.63. The highest BCUT2D eigenvalue weighted by Gasteiger charge is 2.32. The van der Waals surface area contributed by atoms with Gasteiger partial charge in [-0.05, 0) is 37.3 Å². The zero-order valence-electron chi connectivity index (χ0n) is 13.2. The zero-order valence-corrected chi connectivity index (χ0v) is 14.8. The highest BCUT2D eigenvalue weighted by Crippen LogP contribution is 2.32. The second-order valence-electron chi connectivity index (χ2n) is 5.76. The van der Waals surface area contributed by atoms with E-state index in [0.717, 1.165) is 42.7 Å². The Bertz CT molecular complexity index is 560. The van der Waals surface area contributed by atoms with E-state index in [4.69, 9.17) is 0 Å². The van der Waals surface area contributed by atoms with E-state index in [1.165, 1.54) is 17.8 Å². The van der Waals surface area contributed by atoms with Crippen molar-refractivity contribution in [2.75, 3.05) is 13.6 Å². The smallest absolute Gasteiger partial charge is 0.244 e. The molecule has 0 radical (unpaired) electrons. The van der Waals surface area contributed by atoms with Crippen LogP contribution >= 0.6 is 11.3 Å². The predicted molar refractivity (Wildman–Crippen MR) is 88.3 cm³/mol. The maximum Gasteiger partial charge on any atom is 0.244 e. The predicted octanol–water partition coefficient (Wildman–Crippen LogP) is 3.12. The van der Waals surface area contributed by atoms with E-state index < -0.39 is 10.0 Å². The van der Waals surface area contributed by atoms with E-state index in [0.29, 0.717) is 11.4 Å². The largest absolute Gasteiger partial charge is 0.312 e. The molecule has 0 aliphatic heterocycles. The molecule has 0 bridgehead atoms. The molecule has 1 aromatic heterocycles. The minimum atomic E-state index is -3.38. The highest BCUT2D eigenvalue weighted by molar-refractivity contribution is 7.89. The van der Waals surface area contributed by atoms with E-state index in [9.17, 15) is 8.42 Å². The van der Waals surface area contributed by atoms with Gasteiger partial charge in [-0.15, -0.1) is 11.3 Å². The lowest BCUT2D eigenvalue weighted by Crippen LogP contribution is -2.38. The Labute approximate surface area is 132 Å². The summed E-state index contributed by atoms with van der Waals surface area (Å²) < 4.78 is 27.6. The van der Waals surface area contributed by atoms with Crippen LogP contribution in [0.1, 0.15) is 49.5 Å². The summed E-state index contributed by atoms with van der Waals surface area (Å²) in [4.78, 5) is 1.46. The second kappa shape index (κ2) is 7.22. The molecule has 1 heterocycles. The van der Waals surface area contributed by atoms with Gasteiger partial charge < -0.3 is 5.32 Å². The molecule has 0 amide bonds. The number of nitrogens with one attached hydrogen (secondary N) is 1. The Morgan fingerprint density at radius 1 is 1.33 bits per heavy atom. The van der Waals surface area contributed by atoms with Crippen LogP contribution in [-0.4, -0.2) is 32.4 Å². The fourth-order valence-electron chi connectivity index (χ4n) is 2.98. The standard InChI is InChI=1S/C15H26N2O2S2/c1-4-16-10-14-15(12(2)11-20-14)21(18,19)17(3)13-8-6-5-7-9-13/h11,13,16H,4-10H2,1-3H3. The van der Waals surface area contributed by atoms with Gasteiger partial charge in [-0.1, -0.05) is 26.2 Å². The van der Waals surface area contributed by atoms with Gasteiger partial charge in [0.25, 0.3) is 0 Å². The quantitative estimate of drug-likeness (QED) is 0.872. The normalized spacial score (nSPS) is 17.5. The van der Waals surface area contributed by atoms with Crippen LogP contribution in [0.4, 0.5) is 0 Å². The second-order valence-corrected chi connectivity index (χ2v) is 8.66. The summed E-state index contributed by atoms with van der Waals surface area (Å²) in [5.74, 6) is 0. The summed E-state index contributed by atoms with van der Waals surface area (Å²) in [6.07, 6.45) is 5.48. The first-order valence-corrected chi connectivity index (χ1v) is 10.1. The summed E-state index contributed by atoms with van der Waals surface area (Å²) in [6, 6.07) is 0.162. The highest BCUT2D eigenvalue weighted by atomic mass is 32.2. The molecule has 6 heteroatoms. The molecule has 0 spiro atoms. The minimum Gasteiger partial charge on any atom is -0.312 e. The molecule has 1 aliphatic carbocycles. The zero-order chi connectivity index (χ0) is 15.5. The van der Waals surface area contributed by atoms with E-state index >= 15 is 0 Å². The van der Waals surface area contributed by atoms with Crippen molar-refractivity contribution in [2.24, 2.45) is 0 Å². The Hall–Kier alpha value is -0.430. The molecule has 0 atom stereocenters. The molecule has 120 valence electrons. The lowest BCUT2D eigenvalue weighted by Gasteiger charge is -2.30. The molecule has 21 heavy (non-hydrogen) atoms. The van der Waals surface area contributed by atoms with Crippen molar-refractivity contribution in [3.8, 4) is 0 Å². The van der Waals surface area contributed by atoms with Crippen molar-refractivity contribution >= 4 is 21.4 Å². The van der Waals surface area contributed by atoms with Crippen LogP contribution in [0.5, 0.6) is 0 Å². The van der Waals surface area contributed by atoms with Gasteiger partial charge >= 0.3 is 0 Å². The number of sulfonamides is 1. The first kappa shape index (κ1) is 16.9. The third kappa shape index (κ3) is 3.67. The summed E-state index contributed by atoms with van der Waals surface area (Å²) in [7, 11) is -1.63. The molecular weight excluding hydrogens is 304 g/mol. The molecule has 1 aliphatic rings. The third-order valence-electron chi connectivity index (χ3n) is 4.25. The van der Waals surface area contributed by atoms with E-state index in [2.05, 4.69) is 5.32 Å². The van der Waals surface area contributed by atoms with Crippen molar-refractivity contribution < 1.29 is 8.42 Å². The van der Waals surface area contributed by atoms with Crippen LogP contribution in [0.2, 0.25) is 0 Å². The van der Waals surface area contributed by atoms with E-state index in [1.54, 1.807) is 11.4 Å². The summed E-state index contributed by atoms with van der Waals surface area (Å²) >= 11 is 1.54. The van der Waals surface area contributed by atoms with Gasteiger partial charge in [0.15, 0.2) is 0 Å². The van der Waals surface area contributed by atoms with E-state index in [1.807, 2.05) is 19.2 Å². The van der Waals surface area contributed by atoms with Crippen molar-refractivity contribution in [1.82, 2.24) is 9.62 Å². The van der Waals surface area contributed by atoms with Crippen LogP contribution in [0.25, 0.3) is 0 Å². The van der Waals surface area contributed by atoms with Gasteiger partial charge in [0.05, 0.1) is 0 Å². The van der Waals surface area contributed by atoms with Crippen molar-refractivity contribution in [3.05, 3.63) is 15.8 Å². The van der Waals surface area contributed by atoms with Crippen LogP contribution < -0.4 is 5.32 Å². The lowest BCUT2D eigenvalue weighted by molar-refractivity contribution is 0.285. The molecule has 1 fully saturated rings. The molecular formula is C15H26N2O2S2. The van der Waals surface area contributed by atoms with E-state index in [-0.39, 0.29) is 6.04 Å². The van der Waals surface area contributed by atoms with Crippen LogP contribution in [0.15, 0.2) is 10.3 Å². The Balaban J connectivity index is 2.27. The molecule has 4 nitrogen and oxygen atoms in total. The van der Waals surface area contributed by atoms with Gasteiger partial charge in [0.1, 0.15) is 4.90 Å². The number of rotatable bonds is 6. The lowest BCUT2D eigenvalue weighted by atomic mass is 9.96. The number of hydrogen-bond donors (Lipinski definition) is 1. The number of thiophene rings is 1. The topological polar surface area (TPSA) is 49.4 Å². The Kier molecular flexibility index (Phi) is 5.82. The molecule has 1 saturated carbocycles. The summed E-state index contributed by atoms with van der Waals surface area (Å²) in [5.41, 5.74) is 0.871. The number of aryl methyl sites for hydroxylation is 1. The van der Waals surface area contributed by atoms with Crippen molar-refractivity contribution in [3.63, 3.8) is 0 Å². The molecule has 1 N–H and O–H groups in total. The first-order valence-electron chi connectivity index (χ1n) is 7.74. The Morgan fingerprint density at radius 2 is 2.00 bits per heavy atom. The average Bonchev–Trinajstić information content (AvgIpc) is 2.86. The van der Waals surface area contributed by atoms with Gasteiger partial charge in [0, 0.05) is 24.5 Å². The summed E-state index contributed by atoms with van der Waals surface area (Å²) in [6.45, 7) is 5.40. The molecule has 0 saturated heterocycles. The van der Waals surface area contributed by atoms with Gasteiger partial charge in [-0.25, -0.2) is 8.42 Å². The average molecular weight is 331 g/mol. The Morgan fingerprint density at radius 3 is 2.62 bits per heavy atom. The minimum absolute atomic E-state index is 0.162. The van der Waals surface area contributed by atoms with Gasteiger partial charge in [0.2, 0.25) is 10.0 Å². The molecule has 1 aromatic rings. The van der Waals surface area contributed by atoms with Crippen molar-refractivity contribution in [1.29, 1.82) is 0 Å². The molecule has 0 aromatic carbocycles. The summed E-state index contributed by atoms with van der Waals surface area (Å²) in [5, 5.41) is 5.19. The number of hydrogen-bond acceptors (Lipinski definition) is 4.